The van der Waals surface area contributed by atoms with Crippen molar-refractivity contribution in [1.29, 1.82) is 0 Å². The van der Waals surface area contributed by atoms with Crippen LogP contribution in [0.1, 0.15) is 45.2 Å². The Morgan fingerprint density at radius 2 is 2.06 bits per heavy atom. The molecule has 0 bridgehead atoms. The topological polar surface area (TPSA) is 65.4 Å². The zero-order valence-electron chi connectivity index (χ0n) is 16.8. The van der Waals surface area contributed by atoms with E-state index in [0.29, 0.717) is 29.2 Å². The van der Waals surface area contributed by atoms with E-state index in [9.17, 15) is 18.0 Å². The van der Waals surface area contributed by atoms with Gasteiger partial charge >= 0.3 is 0 Å². The van der Waals surface area contributed by atoms with Gasteiger partial charge < -0.3 is 14.8 Å². The maximum absolute atomic E-state index is 14.5. The number of hydrogen-bond acceptors (Lipinski definition) is 4. The second-order valence-corrected chi connectivity index (χ2v) is 8.37. The van der Waals surface area contributed by atoms with Gasteiger partial charge in [0.05, 0.1) is 12.3 Å². The van der Waals surface area contributed by atoms with Crippen molar-refractivity contribution in [3.63, 3.8) is 0 Å². The Labute approximate surface area is 180 Å². The van der Waals surface area contributed by atoms with Crippen LogP contribution < -0.4 is 10.1 Å². The summed E-state index contributed by atoms with van der Waals surface area (Å²) in [7, 11) is 0. The highest BCUT2D eigenvalue weighted by molar-refractivity contribution is 5.94. The van der Waals surface area contributed by atoms with E-state index >= 15 is 0 Å². The number of ether oxygens (including phenoxy) is 2. The number of carbonyl (C=O) groups is 1. The van der Waals surface area contributed by atoms with E-state index in [1.54, 1.807) is 0 Å². The number of aromatic nitrogens is 2. The van der Waals surface area contributed by atoms with Crippen molar-refractivity contribution in [1.82, 2.24) is 15.1 Å². The molecule has 2 heterocycles. The molecule has 164 valence electrons. The van der Waals surface area contributed by atoms with Crippen molar-refractivity contribution in [3.8, 4) is 11.4 Å². The molecular formula is C23H18F3N3O3. The van der Waals surface area contributed by atoms with E-state index < -0.39 is 23.4 Å². The normalized spacial score (nSPS) is 20.2. The third-order valence-corrected chi connectivity index (χ3v) is 6.31. The van der Waals surface area contributed by atoms with Crippen LogP contribution in [0.2, 0.25) is 0 Å². The van der Waals surface area contributed by atoms with Gasteiger partial charge in [-0.15, -0.1) is 0 Å². The fourth-order valence-corrected chi connectivity index (χ4v) is 4.78. The summed E-state index contributed by atoms with van der Waals surface area (Å²) in [5.74, 6) is -1.14. The molecular weight excluding hydrogens is 423 g/mol. The smallest absolute Gasteiger partial charge is 0.272 e. The Kier molecular flexibility index (Phi) is 4.29. The molecule has 0 saturated heterocycles. The number of fused-ring (bicyclic) bond motifs is 4. The summed E-state index contributed by atoms with van der Waals surface area (Å²) < 4.78 is 53.9. The lowest BCUT2D eigenvalue weighted by atomic mass is 10.1. The lowest BCUT2D eigenvalue weighted by molar-refractivity contribution is -0.0173. The quantitative estimate of drug-likeness (QED) is 0.670. The zero-order valence-corrected chi connectivity index (χ0v) is 16.8. The van der Waals surface area contributed by atoms with E-state index in [0.717, 1.165) is 23.7 Å². The first-order valence-corrected chi connectivity index (χ1v) is 10.4. The molecule has 32 heavy (non-hydrogen) atoms. The van der Waals surface area contributed by atoms with Crippen LogP contribution in [0, 0.1) is 23.4 Å². The number of amides is 1. The van der Waals surface area contributed by atoms with Crippen LogP contribution >= 0.6 is 0 Å². The number of nitrogens with one attached hydrogen (secondary N) is 1. The number of benzene rings is 2. The second kappa shape index (κ2) is 7.09. The molecule has 1 fully saturated rings. The third-order valence-electron chi connectivity index (χ3n) is 6.31. The maximum atomic E-state index is 14.5. The standard InChI is InChI=1S/C23H18F3N3O3/c24-14-1-2-19(18(26)7-14)29-21-16-5-11(16)6-17(21)20(28-29)23(30)27-8-12-3-15(25)4-13-9-31-10-32-22(12)13/h1-4,7,11,16H,5-6,8-10H2,(H,27,30)/t11-,16-/m1/s1. The second-order valence-electron chi connectivity index (χ2n) is 8.37. The maximum Gasteiger partial charge on any atom is 0.272 e. The highest BCUT2D eigenvalue weighted by Gasteiger charge is 2.50. The lowest BCUT2D eigenvalue weighted by Crippen LogP contribution is -2.25. The molecule has 1 N–H and O–H groups in total. The minimum atomic E-state index is -0.739. The molecule has 1 amide bonds. The molecule has 2 aliphatic carbocycles. The zero-order chi connectivity index (χ0) is 22.0. The summed E-state index contributed by atoms with van der Waals surface area (Å²) in [5.41, 5.74) is 3.01. The molecule has 0 radical (unpaired) electrons. The Hall–Kier alpha value is -3.33. The summed E-state index contributed by atoms with van der Waals surface area (Å²) in [6.45, 7) is 0.333. The predicted octanol–water partition coefficient (Wildman–Crippen LogP) is 3.75. The Bertz CT molecular complexity index is 1270. The fraction of sp³-hybridized carbons (Fsp3) is 0.304. The first kappa shape index (κ1) is 19.4. The molecule has 9 heteroatoms. The van der Waals surface area contributed by atoms with Crippen LogP contribution in [0.15, 0.2) is 30.3 Å². The Morgan fingerprint density at radius 1 is 1.19 bits per heavy atom. The molecule has 2 aromatic carbocycles. The van der Waals surface area contributed by atoms with Gasteiger partial charge in [0, 0.05) is 35.2 Å². The van der Waals surface area contributed by atoms with Crippen LogP contribution in [0.3, 0.4) is 0 Å². The monoisotopic (exact) mass is 441 g/mol. The molecule has 1 aliphatic heterocycles. The fourth-order valence-electron chi connectivity index (χ4n) is 4.78. The highest BCUT2D eigenvalue weighted by Crippen LogP contribution is 2.57. The number of rotatable bonds is 4. The lowest BCUT2D eigenvalue weighted by Gasteiger charge is -2.21. The average Bonchev–Trinajstić information content (AvgIpc) is 3.27. The largest absolute Gasteiger partial charge is 0.467 e. The van der Waals surface area contributed by atoms with Crippen LogP contribution in [-0.4, -0.2) is 22.5 Å². The summed E-state index contributed by atoms with van der Waals surface area (Å²) in [4.78, 5) is 13.0. The summed E-state index contributed by atoms with van der Waals surface area (Å²) in [6.07, 6.45) is 1.67. The van der Waals surface area contributed by atoms with E-state index in [1.165, 1.54) is 28.9 Å². The van der Waals surface area contributed by atoms with E-state index in [-0.39, 0.29) is 37.2 Å². The molecule has 3 aromatic rings. The van der Waals surface area contributed by atoms with Crippen molar-refractivity contribution in [2.75, 3.05) is 6.79 Å². The molecule has 0 unspecified atom stereocenters. The van der Waals surface area contributed by atoms with Gasteiger partial charge in [0.15, 0.2) is 18.3 Å². The van der Waals surface area contributed by atoms with Gasteiger partial charge in [-0.3, -0.25) is 4.79 Å². The summed E-state index contributed by atoms with van der Waals surface area (Å²) in [6, 6.07) is 5.96. The number of nitrogens with zero attached hydrogens (tertiary/aromatic N) is 2. The van der Waals surface area contributed by atoms with E-state index in [4.69, 9.17) is 9.47 Å². The van der Waals surface area contributed by atoms with Crippen molar-refractivity contribution in [2.45, 2.75) is 31.9 Å². The van der Waals surface area contributed by atoms with Crippen LogP contribution in [-0.2, 0) is 24.3 Å². The van der Waals surface area contributed by atoms with Crippen molar-refractivity contribution in [2.24, 2.45) is 5.92 Å². The summed E-state index contributed by atoms with van der Waals surface area (Å²) >= 11 is 0. The van der Waals surface area contributed by atoms with Crippen LogP contribution in [0.25, 0.3) is 5.69 Å². The predicted molar refractivity (Wildman–Crippen MR) is 106 cm³/mol. The minimum absolute atomic E-state index is 0.0400. The summed E-state index contributed by atoms with van der Waals surface area (Å²) in [5, 5.41) is 7.19. The first-order valence-electron chi connectivity index (χ1n) is 10.4. The number of halogens is 3. The van der Waals surface area contributed by atoms with Crippen LogP contribution in [0.5, 0.6) is 5.75 Å². The Balaban J connectivity index is 1.31. The molecule has 1 aromatic heterocycles. The average molecular weight is 441 g/mol. The van der Waals surface area contributed by atoms with Gasteiger partial charge in [-0.25, -0.2) is 17.9 Å². The molecule has 1 saturated carbocycles. The third kappa shape index (κ3) is 3.07. The SMILES string of the molecule is O=C(NCc1cc(F)cc2c1OCOC2)c1nn(-c2ccc(F)cc2F)c2c1C[C@H]1C[C@@H]21. The first-order chi connectivity index (χ1) is 15.5. The molecule has 2 atom stereocenters. The van der Waals surface area contributed by atoms with Gasteiger partial charge in [-0.05, 0) is 43.0 Å². The number of carbonyl (C=O) groups excluding carboxylic acids is 1. The molecule has 3 aliphatic rings. The van der Waals surface area contributed by atoms with Crippen molar-refractivity contribution in [3.05, 3.63) is 75.9 Å². The van der Waals surface area contributed by atoms with Gasteiger partial charge in [0.1, 0.15) is 23.1 Å². The minimum Gasteiger partial charge on any atom is -0.467 e. The van der Waals surface area contributed by atoms with Crippen molar-refractivity contribution < 1.29 is 27.4 Å². The van der Waals surface area contributed by atoms with Crippen LogP contribution in [0.4, 0.5) is 13.2 Å². The van der Waals surface area contributed by atoms with Gasteiger partial charge in [-0.2, -0.15) is 5.10 Å². The van der Waals surface area contributed by atoms with Gasteiger partial charge in [0.25, 0.3) is 5.91 Å². The molecule has 6 nitrogen and oxygen atoms in total. The molecule has 6 rings (SSSR count). The number of hydrogen-bond donors (Lipinski definition) is 1. The van der Waals surface area contributed by atoms with E-state index in [1.807, 2.05) is 0 Å². The van der Waals surface area contributed by atoms with E-state index in [2.05, 4.69) is 10.4 Å². The van der Waals surface area contributed by atoms with Crippen molar-refractivity contribution >= 4 is 5.91 Å². The van der Waals surface area contributed by atoms with Gasteiger partial charge in [-0.1, -0.05) is 0 Å². The molecule has 0 spiro atoms. The highest BCUT2D eigenvalue weighted by atomic mass is 19.1. The Morgan fingerprint density at radius 3 is 2.91 bits per heavy atom. The van der Waals surface area contributed by atoms with Gasteiger partial charge in [0.2, 0.25) is 0 Å².